The first-order valence-electron chi connectivity index (χ1n) is 6.70. The second-order valence-electron chi connectivity index (χ2n) is 4.98. The minimum atomic E-state index is -0.189. The molecule has 0 spiro atoms. The number of hydrogen-bond acceptors (Lipinski definition) is 2. The number of hydrogen-bond donors (Lipinski definition) is 0. The fraction of sp³-hybridized carbons (Fsp3) is 0.500. The van der Waals surface area contributed by atoms with Gasteiger partial charge < -0.3 is 9.47 Å². The zero-order chi connectivity index (χ0) is 13.0. The predicted octanol–water partition coefficient (Wildman–Crippen LogP) is 3.92. The van der Waals surface area contributed by atoms with Gasteiger partial charge in [-0.05, 0) is 24.5 Å². The van der Waals surface area contributed by atoms with Gasteiger partial charge in [0.1, 0.15) is 0 Å². The maximum absolute atomic E-state index is 5.99. The second kappa shape index (κ2) is 6.17. The van der Waals surface area contributed by atoms with Gasteiger partial charge in [-0.2, -0.15) is 0 Å². The van der Waals surface area contributed by atoms with Crippen LogP contribution in [0.15, 0.2) is 42.0 Å². The average molecular weight is 246 g/mol. The van der Waals surface area contributed by atoms with E-state index in [1.807, 2.05) is 18.2 Å². The summed E-state index contributed by atoms with van der Waals surface area (Å²) in [7, 11) is 0. The lowest BCUT2D eigenvalue weighted by Crippen LogP contribution is -2.33. The molecule has 98 valence electrons. The Kier molecular flexibility index (Phi) is 4.56. The summed E-state index contributed by atoms with van der Waals surface area (Å²) in [5.41, 5.74) is 2.36. The van der Waals surface area contributed by atoms with E-state index in [0.717, 1.165) is 6.42 Å². The molecule has 0 saturated heterocycles. The summed E-state index contributed by atoms with van der Waals surface area (Å²) in [6.45, 7) is 7.04. The van der Waals surface area contributed by atoms with Crippen molar-refractivity contribution >= 4 is 0 Å². The summed E-state index contributed by atoms with van der Waals surface area (Å²) in [5.74, 6) is 0.478. The zero-order valence-corrected chi connectivity index (χ0v) is 11.4. The van der Waals surface area contributed by atoms with Crippen molar-refractivity contribution in [1.82, 2.24) is 0 Å². The second-order valence-corrected chi connectivity index (χ2v) is 4.98. The number of benzene rings is 1. The van der Waals surface area contributed by atoms with E-state index in [4.69, 9.17) is 9.47 Å². The van der Waals surface area contributed by atoms with Gasteiger partial charge in [-0.15, -0.1) is 0 Å². The molecule has 0 amide bonds. The fourth-order valence-electron chi connectivity index (χ4n) is 2.38. The molecule has 0 bridgehead atoms. The molecule has 1 heterocycles. The van der Waals surface area contributed by atoms with Crippen molar-refractivity contribution in [3.05, 3.63) is 47.5 Å². The molecular formula is C16H22O2. The molecule has 2 rings (SSSR count). The van der Waals surface area contributed by atoms with Gasteiger partial charge >= 0.3 is 0 Å². The molecule has 0 radical (unpaired) electrons. The molecule has 1 aromatic rings. The third-order valence-corrected chi connectivity index (χ3v) is 3.43. The lowest BCUT2D eigenvalue weighted by atomic mass is 9.97. The van der Waals surface area contributed by atoms with E-state index < -0.39 is 0 Å². The molecule has 3 atom stereocenters. The summed E-state index contributed by atoms with van der Waals surface area (Å²) in [5, 5.41) is 0. The van der Waals surface area contributed by atoms with Crippen molar-refractivity contribution < 1.29 is 9.47 Å². The van der Waals surface area contributed by atoms with Crippen LogP contribution in [0.25, 0.3) is 0 Å². The molecular weight excluding hydrogens is 224 g/mol. The van der Waals surface area contributed by atoms with Crippen LogP contribution in [0.1, 0.15) is 32.8 Å². The minimum absolute atomic E-state index is 0.189. The molecule has 2 heteroatoms. The Morgan fingerprint density at radius 3 is 2.61 bits per heavy atom. The van der Waals surface area contributed by atoms with E-state index in [1.54, 1.807) is 0 Å². The van der Waals surface area contributed by atoms with Gasteiger partial charge in [0, 0.05) is 5.92 Å². The van der Waals surface area contributed by atoms with Crippen LogP contribution in [-0.4, -0.2) is 12.4 Å². The Morgan fingerprint density at radius 2 is 1.94 bits per heavy atom. The lowest BCUT2D eigenvalue weighted by molar-refractivity contribution is -0.171. The molecule has 0 N–H and O–H groups in total. The summed E-state index contributed by atoms with van der Waals surface area (Å²) in [6.07, 6.45) is 3.38. The Balaban J connectivity index is 1.95. The molecule has 0 aromatic heterocycles. The first-order chi connectivity index (χ1) is 8.70. The van der Waals surface area contributed by atoms with E-state index in [0.29, 0.717) is 12.5 Å². The highest BCUT2D eigenvalue weighted by molar-refractivity contribution is 5.14. The highest BCUT2D eigenvalue weighted by atomic mass is 16.7. The van der Waals surface area contributed by atoms with Crippen LogP contribution in [0.2, 0.25) is 0 Å². The molecule has 0 aliphatic carbocycles. The maximum atomic E-state index is 5.99. The quantitative estimate of drug-likeness (QED) is 0.750. The summed E-state index contributed by atoms with van der Waals surface area (Å²) < 4.78 is 11.9. The fourth-order valence-corrected chi connectivity index (χ4v) is 2.38. The molecule has 18 heavy (non-hydrogen) atoms. The van der Waals surface area contributed by atoms with Crippen molar-refractivity contribution in [3.8, 4) is 0 Å². The number of ether oxygens (including phenoxy) is 2. The van der Waals surface area contributed by atoms with Gasteiger partial charge in [-0.1, -0.05) is 50.3 Å². The van der Waals surface area contributed by atoms with Gasteiger partial charge in [0.15, 0.2) is 6.29 Å². The predicted molar refractivity (Wildman–Crippen MR) is 73.1 cm³/mol. The Hall–Kier alpha value is -1.12. The zero-order valence-electron chi connectivity index (χ0n) is 11.4. The van der Waals surface area contributed by atoms with Crippen LogP contribution in [0.5, 0.6) is 0 Å². The van der Waals surface area contributed by atoms with Gasteiger partial charge in [-0.25, -0.2) is 0 Å². The first-order valence-corrected chi connectivity index (χ1v) is 6.70. The normalized spacial score (nSPS) is 27.9. The minimum Gasteiger partial charge on any atom is -0.345 e. The monoisotopic (exact) mass is 246 g/mol. The smallest absolute Gasteiger partial charge is 0.180 e. The average Bonchev–Trinajstić information content (AvgIpc) is 2.39. The van der Waals surface area contributed by atoms with E-state index in [1.165, 1.54) is 11.1 Å². The van der Waals surface area contributed by atoms with E-state index >= 15 is 0 Å². The van der Waals surface area contributed by atoms with E-state index in [2.05, 4.69) is 39.0 Å². The molecule has 0 unspecified atom stereocenters. The van der Waals surface area contributed by atoms with Crippen molar-refractivity contribution in [2.45, 2.75) is 46.2 Å². The van der Waals surface area contributed by atoms with E-state index in [-0.39, 0.29) is 12.4 Å². The first kappa shape index (κ1) is 13.3. The van der Waals surface area contributed by atoms with Gasteiger partial charge in [-0.3, -0.25) is 0 Å². The third-order valence-electron chi connectivity index (χ3n) is 3.43. The molecule has 2 nitrogen and oxygen atoms in total. The van der Waals surface area contributed by atoms with Crippen molar-refractivity contribution in [2.24, 2.45) is 5.92 Å². The van der Waals surface area contributed by atoms with E-state index in [9.17, 15) is 0 Å². The molecule has 1 aromatic carbocycles. The van der Waals surface area contributed by atoms with Crippen molar-refractivity contribution in [3.63, 3.8) is 0 Å². The third kappa shape index (κ3) is 3.21. The summed E-state index contributed by atoms with van der Waals surface area (Å²) in [6, 6.07) is 10.2. The largest absolute Gasteiger partial charge is 0.345 e. The Morgan fingerprint density at radius 1 is 1.22 bits per heavy atom. The summed E-state index contributed by atoms with van der Waals surface area (Å²) in [4.78, 5) is 0. The topological polar surface area (TPSA) is 18.5 Å². The van der Waals surface area contributed by atoms with Crippen molar-refractivity contribution in [1.29, 1.82) is 0 Å². The Labute approximate surface area is 110 Å². The van der Waals surface area contributed by atoms with Crippen LogP contribution >= 0.6 is 0 Å². The van der Waals surface area contributed by atoms with Crippen LogP contribution in [-0.2, 0) is 16.1 Å². The standard InChI is InChI=1S/C16H22O2/c1-4-15-12(2)10-13(3)16(18-15)17-11-14-8-6-5-7-9-14/h5-10,12,15-16H,4,11H2,1-3H3/t12-,15-,16-/m1/s1. The van der Waals surface area contributed by atoms with Crippen molar-refractivity contribution in [2.75, 3.05) is 0 Å². The molecule has 1 aliphatic rings. The van der Waals surface area contributed by atoms with Crippen LogP contribution in [0.3, 0.4) is 0 Å². The SMILES string of the molecule is CC[C@H]1O[C@@H](OCc2ccccc2)C(C)=C[C@H]1C. The van der Waals surface area contributed by atoms with Crippen LogP contribution in [0, 0.1) is 5.92 Å². The van der Waals surface area contributed by atoms with Gasteiger partial charge in [0.2, 0.25) is 0 Å². The molecule has 1 aliphatic heterocycles. The lowest BCUT2D eigenvalue weighted by Gasteiger charge is -2.32. The highest BCUT2D eigenvalue weighted by Crippen LogP contribution is 2.26. The molecule has 0 fully saturated rings. The summed E-state index contributed by atoms with van der Waals surface area (Å²) >= 11 is 0. The van der Waals surface area contributed by atoms with Gasteiger partial charge in [0.25, 0.3) is 0 Å². The Bertz CT molecular complexity index is 397. The number of rotatable bonds is 4. The van der Waals surface area contributed by atoms with Crippen LogP contribution < -0.4 is 0 Å². The molecule has 0 saturated carbocycles. The van der Waals surface area contributed by atoms with Crippen LogP contribution in [0.4, 0.5) is 0 Å². The van der Waals surface area contributed by atoms with Gasteiger partial charge in [0.05, 0.1) is 12.7 Å². The highest BCUT2D eigenvalue weighted by Gasteiger charge is 2.26. The maximum Gasteiger partial charge on any atom is 0.180 e.